The van der Waals surface area contributed by atoms with Crippen LogP contribution in [0.2, 0.25) is 0 Å². The summed E-state index contributed by atoms with van der Waals surface area (Å²) in [5.41, 5.74) is 0.930. The van der Waals surface area contributed by atoms with Gasteiger partial charge in [0.1, 0.15) is 6.26 Å². The lowest BCUT2D eigenvalue weighted by atomic mass is 10.5. The number of hydrogen-bond acceptors (Lipinski definition) is 4. The molecule has 0 saturated heterocycles. The molecule has 0 fully saturated rings. The molecule has 2 nitrogen and oxygen atoms in total. The second kappa shape index (κ2) is 4.51. The molecule has 2 aromatic rings. The molecule has 0 aromatic carbocycles. The van der Waals surface area contributed by atoms with Crippen molar-refractivity contribution in [3.63, 3.8) is 0 Å². The van der Waals surface area contributed by atoms with Crippen molar-refractivity contribution < 1.29 is 4.42 Å². The van der Waals surface area contributed by atoms with Crippen LogP contribution in [0.3, 0.4) is 0 Å². The summed E-state index contributed by atoms with van der Waals surface area (Å²) >= 11 is 6.79. The summed E-state index contributed by atoms with van der Waals surface area (Å²) in [7, 11) is 0. The van der Waals surface area contributed by atoms with E-state index < -0.39 is 0 Å². The molecule has 2 heterocycles. The van der Waals surface area contributed by atoms with E-state index in [0.717, 1.165) is 20.5 Å². The van der Waals surface area contributed by atoms with Crippen molar-refractivity contribution >= 4 is 39.0 Å². The third kappa shape index (κ3) is 2.62. The molecule has 0 bridgehead atoms. The highest BCUT2D eigenvalue weighted by Gasteiger charge is 2.03. The number of halogens is 1. The van der Waals surface area contributed by atoms with Crippen LogP contribution in [-0.4, -0.2) is 4.98 Å². The van der Waals surface area contributed by atoms with Crippen molar-refractivity contribution in [3.8, 4) is 0 Å². The summed E-state index contributed by atoms with van der Waals surface area (Å²) in [5.74, 6) is 0.913. The van der Waals surface area contributed by atoms with E-state index in [4.69, 9.17) is 4.42 Å². The first-order valence-electron chi connectivity index (χ1n) is 4.03. The van der Waals surface area contributed by atoms with E-state index >= 15 is 0 Å². The van der Waals surface area contributed by atoms with Gasteiger partial charge in [-0.05, 0) is 35.0 Å². The minimum absolute atomic E-state index is 0.743. The number of nitrogens with zero attached hydrogens (tertiary/aromatic N) is 1. The van der Waals surface area contributed by atoms with Gasteiger partial charge in [-0.15, -0.1) is 11.3 Å². The SMILES string of the molecule is Cc1coc(SCc2ccc(Br)s2)n1. The summed E-state index contributed by atoms with van der Waals surface area (Å²) in [6.45, 7) is 1.93. The van der Waals surface area contributed by atoms with Gasteiger partial charge in [0.25, 0.3) is 5.22 Å². The van der Waals surface area contributed by atoms with Gasteiger partial charge in [-0.1, -0.05) is 11.8 Å². The summed E-state index contributed by atoms with van der Waals surface area (Å²) in [6, 6.07) is 4.17. The molecular formula is C9H8BrNOS2. The van der Waals surface area contributed by atoms with Gasteiger partial charge in [0.05, 0.1) is 9.48 Å². The molecule has 0 atom stereocenters. The highest BCUT2D eigenvalue weighted by molar-refractivity contribution is 9.11. The van der Waals surface area contributed by atoms with Crippen LogP contribution in [0.4, 0.5) is 0 Å². The van der Waals surface area contributed by atoms with E-state index in [1.165, 1.54) is 4.88 Å². The second-order valence-electron chi connectivity index (χ2n) is 2.75. The normalized spacial score (nSPS) is 10.7. The molecule has 0 aliphatic carbocycles. The lowest BCUT2D eigenvalue weighted by molar-refractivity contribution is 0.454. The predicted molar refractivity (Wildman–Crippen MR) is 62.8 cm³/mol. The van der Waals surface area contributed by atoms with Crippen molar-refractivity contribution in [2.24, 2.45) is 0 Å². The number of thiophene rings is 1. The fourth-order valence-electron chi connectivity index (χ4n) is 0.961. The largest absolute Gasteiger partial charge is 0.440 e. The van der Waals surface area contributed by atoms with Crippen LogP contribution >= 0.6 is 39.0 Å². The van der Waals surface area contributed by atoms with Gasteiger partial charge in [-0.3, -0.25) is 0 Å². The maximum Gasteiger partial charge on any atom is 0.256 e. The third-order valence-corrected chi connectivity index (χ3v) is 4.26. The van der Waals surface area contributed by atoms with Gasteiger partial charge in [-0.2, -0.15) is 0 Å². The Bertz CT molecular complexity index is 384. The Labute approximate surface area is 98.9 Å². The molecule has 0 radical (unpaired) electrons. The Hall–Kier alpha value is -0.260. The average molecular weight is 290 g/mol. The molecule has 0 N–H and O–H groups in total. The Balaban J connectivity index is 1.94. The fraction of sp³-hybridized carbons (Fsp3) is 0.222. The second-order valence-corrected chi connectivity index (χ2v) is 6.22. The van der Waals surface area contributed by atoms with E-state index in [9.17, 15) is 0 Å². The highest BCUT2D eigenvalue weighted by atomic mass is 79.9. The van der Waals surface area contributed by atoms with Crippen molar-refractivity contribution in [3.05, 3.63) is 32.8 Å². The minimum atomic E-state index is 0.743. The average Bonchev–Trinajstić information content (AvgIpc) is 2.72. The quantitative estimate of drug-likeness (QED) is 0.796. The number of rotatable bonds is 3. The summed E-state index contributed by atoms with van der Waals surface area (Å²) in [4.78, 5) is 5.54. The summed E-state index contributed by atoms with van der Waals surface area (Å²) < 4.78 is 6.40. The minimum Gasteiger partial charge on any atom is -0.440 e. The molecule has 0 aliphatic heterocycles. The third-order valence-electron chi connectivity index (χ3n) is 1.56. The molecule has 0 aliphatic rings. The van der Waals surface area contributed by atoms with E-state index in [0.29, 0.717) is 0 Å². The van der Waals surface area contributed by atoms with Crippen LogP contribution in [0.1, 0.15) is 10.6 Å². The number of aromatic nitrogens is 1. The Kier molecular flexibility index (Phi) is 3.30. The van der Waals surface area contributed by atoms with Crippen molar-refractivity contribution in [2.45, 2.75) is 17.9 Å². The fourth-order valence-corrected chi connectivity index (χ4v) is 3.34. The zero-order chi connectivity index (χ0) is 9.97. The maximum absolute atomic E-state index is 5.24. The van der Waals surface area contributed by atoms with Crippen molar-refractivity contribution in [1.82, 2.24) is 4.98 Å². The van der Waals surface area contributed by atoms with Gasteiger partial charge in [0.2, 0.25) is 0 Å². The molecule has 0 saturated carbocycles. The number of thioether (sulfide) groups is 1. The maximum atomic E-state index is 5.24. The van der Waals surface area contributed by atoms with E-state index in [2.05, 4.69) is 33.0 Å². The molecule has 0 spiro atoms. The first-order chi connectivity index (χ1) is 6.74. The van der Waals surface area contributed by atoms with Crippen LogP contribution < -0.4 is 0 Å². The van der Waals surface area contributed by atoms with E-state index in [-0.39, 0.29) is 0 Å². The Morgan fingerprint density at radius 3 is 3.00 bits per heavy atom. The van der Waals surface area contributed by atoms with Gasteiger partial charge in [0.15, 0.2) is 0 Å². The highest BCUT2D eigenvalue weighted by Crippen LogP contribution is 2.28. The monoisotopic (exact) mass is 289 g/mol. The van der Waals surface area contributed by atoms with Crippen LogP contribution in [0.25, 0.3) is 0 Å². The van der Waals surface area contributed by atoms with Gasteiger partial charge in [0, 0.05) is 10.6 Å². The first kappa shape index (κ1) is 10.3. The van der Waals surface area contributed by atoms with Gasteiger partial charge in [-0.25, -0.2) is 4.98 Å². The topological polar surface area (TPSA) is 26.0 Å². The van der Waals surface area contributed by atoms with Crippen LogP contribution in [-0.2, 0) is 5.75 Å². The molecule has 5 heteroatoms. The first-order valence-corrected chi connectivity index (χ1v) is 6.63. The standard InChI is InChI=1S/C9H8BrNOS2/c1-6-4-12-9(11-6)13-5-7-2-3-8(10)14-7/h2-4H,5H2,1H3. The predicted octanol–water partition coefficient (Wildman–Crippen LogP) is 4.10. The molecule has 0 amide bonds. The zero-order valence-corrected chi connectivity index (χ0v) is 10.7. The molecule has 0 unspecified atom stereocenters. The van der Waals surface area contributed by atoms with E-state index in [1.807, 2.05) is 6.92 Å². The molecule has 14 heavy (non-hydrogen) atoms. The molecule has 2 rings (SSSR count). The zero-order valence-electron chi connectivity index (χ0n) is 7.49. The lowest BCUT2D eigenvalue weighted by Crippen LogP contribution is -1.74. The summed E-state index contributed by atoms with van der Waals surface area (Å²) in [5, 5.41) is 0.743. The Morgan fingerprint density at radius 1 is 1.57 bits per heavy atom. The van der Waals surface area contributed by atoms with Gasteiger partial charge < -0.3 is 4.42 Å². The van der Waals surface area contributed by atoms with Crippen LogP contribution in [0.15, 0.2) is 31.8 Å². The number of oxazole rings is 1. The smallest absolute Gasteiger partial charge is 0.256 e. The molecular weight excluding hydrogens is 282 g/mol. The molecule has 74 valence electrons. The lowest BCUT2D eigenvalue weighted by Gasteiger charge is -1.91. The van der Waals surface area contributed by atoms with E-state index in [1.54, 1.807) is 29.4 Å². The van der Waals surface area contributed by atoms with Crippen molar-refractivity contribution in [1.29, 1.82) is 0 Å². The van der Waals surface area contributed by atoms with Gasteiger partial charge >= 0.3 is 0 Å². The molecule has 2 aromatic heterocycles. The Morgan fingerprint density at radius 2 is 2.43 bits per heavy atom. The van der Waals surface area contributed by atoms with Crippen LogP contribution in [0.5, 0.6) is 0 Å². The van der Waals surface area contributed by atoms with Crippen LogP contribution in [0, 0.1) is 6.92 Å². The summed E-state index contributed by atoms with van der Waals surface area (Å²) in [6.07, 6.45) is 1.67. The number of aryl methyl sites for hydroxylation is 1. The number of hydrogen-bond donors (Lipinski definition) is 0. The van der Waals surface area contributed by atoms with Crippen molar-refractivity contribution in [2.75, 3.05) is 0 Å².